The molecule has 27 heavy (non-hydrogen) atoms. The molecule has 0 saturated heterocycles. The fraction of sp³-hybridized carbons (Fsp3) is 0.273. The molecule has 0 aliphatic carbocycles. The normalized spacial score (nSPS) is 17.9. The van der Waals surface area contributed by atoms with Crippen molar-refractivity contribution in [3.8, 4) is 43.9 Å². The van der Waals surface area contributed by atoms with Crippen LogP contribution in [0.4, 0.5) is 0 Å². The molecule has 0 amide bonds. The predicted octanol–water partition coefficient (Wildman–Crippen LogP) is 6.10. The van der Waals surface area contributed by atoms with E-state index in [2.05, 4.69) is 24.3 Å². The highest BCUT2D eigenvalue weighted by molar-refractivity contribution is 7.18. The lowest BCUT2D eigenvalue weighted by atomic mass is 10.1. The Bertz CT molecular complexity index is 966. The van der Waals surface area contributed by atoms with Crippen molar-refractivity contribution in [2.45, 2.75) is 39.3 Å². The van der Waals surface area contributed by atoms with Gasteiger partial charge >= 0.3 is 0 Å². The van der Waals surface area contributed by atoms with E-state index < -0.39 is 11.6 Å². The van der Waals surface area contributed by atoms with Gasteiger partial charge in [-0.3, -0.25) is 0 Å². The highest BCUT2D eigenvalue weighted by atomic mass is 32.1. The van der Waals surface area contributed by atoms with Crippen LogP contribution in [0.1, 0.15) is 27.7 Å². The number of hydrogen-bond donors (Lipinski definition) is 0. The van der Waals surface area contributed by atoms with E-state index in [1.165, 1.54) is 9.75 Å². The lowest BCUT2D eigenvalue weighted by Gasteiger charge is -2.16. The number of fused-ring (bicyclic) bond motifs is 2. The first-order valence-electron chi connectivity index (χ1n) is 8.93. The van der Waals surface area contributed by atoms with Gasteiger partial charge in [-0.2, -0.15) is 0 Å². The Hall–Kier alpha value is -2.66. The van der Waals surface area contributed by atoms with Crippen LogP contribution in [0.5, 0.6) is 23.0 Å². The van der Waals surface area contributed by atoms with Gasteiger partial charge < -0.3 is 18.9 Å². The van der Waals surface area contributed by atoms with Gasteiger partial charge in [0.2, 0.25) is 11.6 Å². The van der Waals surface area contributed by atoms with Crippen LogP contribution in [0.15, 0.2) is 48.5 Å². The Morgan fingerprint density at radius 2 is 0.963 bits per heavy atom. The number of thiophene rings is 1. The van der Waals surface area contributed by atoms with Gasteiger partial charge in [-0.15, -0.1) is 11.3 Å². The Balaban J connectivity index is 1.45. The summed E-state index contributed by atoms with van der Waals surface area (Å²) in [7, 11) is 0. The summed E-state index contributed by atoms with van der Waals surface area (Å²) in [4.78, 5) is 2.36. The van der Waals surface area contributed by atoms with Crippen LogP contribution >= 0.6 is 11.3 Å². The molecule has 0 atom stereocenters. The van der Waals surface area contributed by atoms with Gasteiger partial charge in [0, 0.05) is 37.4 Å². The number of hydrogen-bond acceptors (Lipinski definition) is 5. The maximum absolute atomic E-state index is 5.87. The molecule has 0 radical (unpaired) electrons. The van der Waals surface area contributed by atoms with Gasteiger partial charge in [0.05, 0.1) is 0 Å². The molecule has 3 heterocycles. The van der Waals surface area contributed by atoms with Gasteiger partial charge in [0.25, 0.3) is 0 Å². The Morgan fingerprint density at radius 3 is 1.41 bits per heavy atom. The first-order valence-corrected chi connectivity index (χ1v) is 9.74. The molecule has 0 spiro atoms. The van der Waals surface area contributed by atoms with Gasteiger partial charge in [-0.05, 0) is 59.7 Å². The highest BCUT2D eigenvalue weighted by Crippen LogP contribution is 2.45. The van der Waals surface area contributed by atoms with Crippen LogP contribution in [-0.4, -0.2) is 11.6 Å². The SMILES string of the molecule is CC1(C)Oc2ccc(-c3ccc(-c4ccc5c(c4)OC(C)(C)O5)s3)cc2O1. The van der Waals surface area contributed by atoms with Crippen LogP contribution in [0.3, 0.4) is 0 Å². The quantitative estimate of drug-likeness (QED) is 0.538. The van der Waals surface area contributed by atoms with Gasteiger partial charge in [-0.1, -0.05) is 0 Å². The maximum Gasteiger partial charge on any atom is 0.246 e. The Morgan fingerprint density at radius 1 is 0.556 bits per heavy atom. The smallest absolute Gasteiger partial charge is 0.246 e. The van der Waals surface area contributed by atoms with Crippen molar-refractivity contribution in [3.05, 3.63) is 48.5 Å². The van der Waals surface area contributed by atoms with E-state index in [1.807, 2.05) is 52.0 Å². The second kappa shape index (κ2) is 5.42. The summed E-state index contributed by atoms with van der Waals surface area (Å²) < 4.78 is 23.3. The number of rotatable bonds is 2. The molecule has 0 bridgehead atoms. The minimum Gasteiger partial charge on any atom is -0.449 e. The molecular formula is C22H20O4S. The van der Waals surface area contributed by atoms with Crippen molar-refractivity contribution in [2.24, 2.45) is 0 Å². The van der Waals surface area contributed by atoms with E-state index in [0.717, 1.165) is 34.1 Å². The molecular weight excluding hydrogens is 360 g/mol. The van der Waals surface area contributed by atoms with Crippen LogP contribution in [0.2, 0.25) is 0 Å². The van der Waals surface area contributed by atoms with E-state index in [1.54, 1.807) is 11.3 Å². The summed E-state index contributed by atoms with van der Waals surface area (Å²) >= 11 is 1.74. The summed E-state index contributed by atoms with van der Waals surface area (Å²) in [6.07, 6.45) is 0. The zero-order valence-electron chi connectivity index (χ0n) is 15.7. The van der Waals surface area contributed by atoms with Crippen molar-refractivity contribution in [1.82, 2.24) is 0 Å². The fourth-order valence-electron chi connectivity index (χ4n) is 3.40. The van der Waals surface area contributed by atoms with Crippen LogP contribution < -0.4 is 18.9 Å². The molecule has 0 fully saturated rings. The van der Waals surface area contributed by atoms with Gasteiger partial charge in [0.15, 0.2) is 23.0 Å². The summed E-state index contributed by atoms with van der Waals surface area (Å²) in [6.45, 7) is 7.65. The minimum atomic E-state index is -0.609. The zero-order valence-corrected chi connectivity index (χ0v) is 16.5. The van der Waals surface area contributed by atoms with Crippen molar-refractivity contribution >= 4 is 11.3 Å². The van der Waals surface area contributed by atoms with E-state index in [4.69, 9.17) is 18.9 Å². The molecule has 0 saturated carbocycles. The first kappa shape index (κ1) is 16.5. The molecule has 2 aromatic carbocycles. The van der Waals surface area contributed by atoms with Crippen molar-refractivity contribution in [1.29, 1.82) is 0 Å². The zero-order chi connectivity index (χ0) is 18.8. The molecule has 3 aromatic rings. The van der Waals surface area contributed by atoms with Crippen molar-refractivity contribution < 1.29 is 18.9 Å². The Labute approximate surface area is 162 Å². The maximum atomic E-state index is 5.87. The lowest BCUT2D eigenvalue weighted by Crippen LogP contribution is -2.29. The third-order valence-electron chi connectivity index (χ3n) is 4.49. The summed E-state index contributed by atoms with van der Waals surface area (Å²) in [6, 6.07) is 16.4. The second-order valence-electron chi connectivity index (χ2n) is 7.69. The molecule has 2 aliphatic rings. The summed E-state index contributed by atoms with van der Waals surface area (Å²) in [5.74, 6) is 1.94. The van der Waals surface area contributed by atoms with E-state index >= 15 is 0 Å². The molecule has 4 nitrogen and oxygen atoms in total. The summed E-state index contributed by atoms with van der Waals surface area (Å²) in [5, 5.41) is 0. The third-order valence-corrected chi connectivity index (χ3v) is 5.67. The van der Waals surface area contributed by atoms with E-state index in [0.29, 0.717) is 0 Å². The van der Waals surface area contributed by atoms with E-state index in [-0.39, 0.29) is 0 Å². The largest absolute Gasteiger partial charge is 0.449 e. The average molecular weight is 380 g/mol. The number of benzene rings is 2. The monoisotopic (exact) mass is 380 g/mol. The van der Waals surface area contributed by atoms with Crippen molar-refractivity contribution in [3.63, 3.8) is 0 Å². The van der Waals surface area contributed by atoms with Crippen LogP contribution in [0.25, 0.3) is 20.9 Å². The van der Waals surface area contributed by atoms with Crippen molar-refractivity contribution in [2.75, 3.05) is 0 Å². The molecule has 0 unspecified atom stereocenters. The van der Waals surface area contributed by atoms with Crippen LogP contribution in [-0.2, 0) is 0 Å². The molecule has 0 N–H and O–H groups in total. The predicted molar refractivity (Wildman–Crippen MR) is 106 cm³/mol. The van der Waals surface area contributed by atoms with E-state index in [9.17, 15) is 0 Å². The fourth-order valence-corrected chi connectivity index (χ4v) is 4.40. The minimum absolute atomic E-state index is 0.609. The lowest BCUT2D eigenvalue weighted by molar-refractivity contribution is -0.0437. The standard InChI is InChI=1S/C22H20O4S/c1-21(2)23-15-7-5-13(11-17(15)25-21)19-9-10-20(27-19)14-6-8-16-18(12-14)26-22(3,4)24-16/h5-12H,1-4H3. The molecule has 1 aromatic heterocycles. The second-order valence-corrected chi connectivity index (χ2v) is 8.78. The summed E-state index contributed by atoms with van der Waals surface area (Å²) in [5.41, 5.74) is 2.24. The molecule has 138 valence electrons. The van der Waals surface area contributed by atoms with Gasteiger partial charge in [0.1, 0.15) is 0 Å². The van der Waals surface area contributed by atoms with Gasteiger partial charge in [-0.25, -0.2) is 0 Å². The highest BCUT2D eigenvalue weighted by Gasteiger charge is 2.32. The van der Waals surface area contributed by atoms with Crippen LogP contribution in [0, 0.1) is 0 Å². The number of ether oxygens (including phenoxy) is 4. The molecule has 2 aliphatic heterocycles. The molecule has 5 heteroatoms. The Kier molecular flexibility index (Phi) is 3.32. The topological polar surface area (TPSA) is 36.9 Å². The first-order chi connectivity index (χ1) is 12.8. The molecule has 5 rings (SSSR count). The average Bonchev–Trinajstić information content (AvgIpc) is 3.25. The third kappa shape index (κ3) is 2.92.